The van der Waals surface area contributed by atoms with Crippen molar-refractivity contribution in [3.05, 3.63) is 59.1 Å². The quantitative estimate of drug-likeness (QED) is 0.829. The number of likely N-dealkylation sites (tertiary alicyclic amines) is 1. The Morgan fingerprint density at radius 1 is 1.27 bits per heavy atom. The van der Waals surface area contributed by atoms with Gasteiger partial charge in [0.15, 0.2) is 0 Å². The van der Waals surface area contributed by atoms with Crippen LogP contribution < -0.4 is 4.90 Å². The van der Waals surface area contributed by atoms with Gasteiger partial charge in [-0.25, -0.2) is 14.2 Å². The number of halogens is 2. The van der Waals surface area contributed by atoms with E-state index in [-0.39, 0.29) is 19.0 Å². The van der Waals surface area contributed by atoms with Crippen molar-refractivity contribution in [3.8, 4) is 0 Å². The Kier molecular flexibility index (Phi) is 5.37. The Morgan fingerprint density at radius 2 is 2.00 bits per heavy atom. The molecule has 3 rings (SSSR count). The third-order valence-electron chi connectivity index (χ3n) is 4.34. The van der Waals surface area contributed by atoms with Crippen LogP contribution in [0.2, 0.25) is 5.15 Å². The third-order valence-corrected chi connectivity index (χ3v) is 4.57. The highest BCUT2D eigenvalue weighted by molar-refractivity contribution is 6.29. The van der Waals surface area contributed by atoms with Crippen LogP contribution >= 0.6 is 11.6 Å². The molecule has 1 aliphatic heterocycles. The average molecular weight is 378 g/mol. The normalized spacial score (nSPS) is 16.5. The monoisotopic (exact) mass is 377 g/mol. The molecule has 8 heteroatoms. The van der Waals surface area contributed by atoms with Crippen LogP contribution in [-0.4, -0.2) is 40.1 Å². The van der Waals surface area contributed by atoms with E-state index in [0.717, 1.165) is 5.56 Å². The van der Waals surface area contributed by atoms with Crippen molar-refractivity contribution in [1.29, 1.82) is 0 Å². The zero-order chi connectivity index (χ0) is 18.7. The molecule has 2 aromatic rings. The Bertz CT molecular complexity index is 798. The fourth-order valence-electron chi connectivity index (χ4n) is 2.96. The molecule has 1 saturated heterocycles. The molecular weight excluding hydrogens is 361 g/mol. The first kappa shape index (κ1) is 18.1. The van der Waals surface area contributed by atoms with Gasteiger partial charge in [-0.3, -0.25) is 4.79 Å². The first-order chi connectivity index (χ1) is 12.4. The number of nitrogens with zero attached hydrogens (tertiary/aromatic N) is 3. The summed E-state index contributed by atoms with van der Waals surface area (Å²) in [6.07, 6.45) is 1.00. The van der Waals surface area contributed by atoms with Crippen molar-refractivity contribution in [3.63, 3.8) is 0 Å². The predicted octanol–water partition coefficient (Wildman–Crippen LogP) is 3.41. The number of pyridine rings is 1. The second kappa shape index (κ2) is 7.70. The lowest BCUT2D eigenvalue weighted by Gasteiger charge is -2.26. The molecule has 1 aromatic carbocycles. The standard InChI is InChI=1S/C18H17ClFN3O3/c19-16-6-1-12(9-21-16)10-23(15-4-2-14(20)3-5-15)17(24)13-7-8-22(11-13)18(25)26/h1-6,9,13H,7-8,10-11H2,(H,25,26)/t13-/m1/s1. The highest BCUT2D eigenvalue weighted by Crippen LogP contribution is 2.25. The van der Waals surface area contributed by atoms with Crippen molar-refractivity contribution in [2.45, 2.75) is 13.0 Å². The van der Waals surface area contributed by atoms with Gasteiger partial charge in [0, 0.05) is 25.0 Å². The molecule has 1 atom stereocenters. The number of carbonyl (C=O) groups is 2. The van der Waals surface area contributed by atoms with Gasteiger partial charge in [0.05, 0.1) is 12.5 Å². The van der Waals surface area contributed by atoms with Crippen LogP contribution in [0.3, 0.4) is 0 Å². The maximum atomic E-state index is 13.3. The molecule has 0 bridgehead atoms. The molecular formula is C18H17ClFN3O3. The first-order valence-electron chi connectivity index (χ1n) is 8.09. The van der Waals surface area contributed by atoms with E-state index in [0.29, 0.717) is 23.8 Å². The van der Waals surface area contributed by atoms with Gasteiger partial charge in [0.1, 0.15) is 11.0 Å². The second-order valence-electron chi connectivity index (χ2n) is 6.10. The average Bonchev–Trinajstić information content (AvgIpc) is 3.12. The van der Waals surface area contributed by atoms with Gasteiger partial charge in [-0.2, -0.15) is 0 Å². The number of rotatable bonds is 4. The molecule has 2 amide bonds. The van der Waals surface area contributed by atoms with Crippen LogP contribution in [0.4, 0.5) is 14.9 Å². The van der Waals surface area contributed by atoms with Crippen LogP contribution in [0.5, 0.6) is 0 Å². The summed E-state index contributed by atoms with van der Waals surface area (Å²) in [6, 6.07) is 9.02. The third kappa shape index (κ3) is 4.11. The molecule has 26 heavy (non-hydrogen) atoms. The van der Waals surface area contributed by atoms with Crippen molar-refractivity contribution in [1.82, 2.24) is 9.88 Å². The summed E-state index contributed by atoms with van der Waals surface area (Å²) < 4.78 is 13.3. The smallest absolute Gasteiger partial charge is 0.407 e. The minimum atomic E-state index is -1.03. The lowest BCUT2D eigenvalue weighted by atomic mass is 10.1. The number of benzene rings is 1. The lowest BCUT2D eigenvalue weighted by Crippen LogP contribution is -2.37. The van der Waals surface area contributed by atoms with Gasteiger partial charge in [0.25, 0.3) is 0 Å². The molecule has 0 radical (unpaired) electrons. The Balaban J connectivity index is 1.84. The van der Waals surface area contributed by atoms with Gasteiger partial charge >= 0.3 is 6.09 Å². The van der Waals surface area contributed by atoms with E-state index in [1.165, 1.54) is 34.1 Å². The molecule has 1 N–H and O–H groups in total. The number of hydrogen-bond acceptors (Lipinski definition) is 3. The largest absolute Gasteiger partial charge is 0.465 e. The number of hydrogen-bond donors (Lipinski definition) is 1. The molecule has 0 saturated carbocycles. The molecule has 0 spiro atoms. The van der Waals surface area contributed by atoms with Crippen LogP contribution in [0.1, 0.15) is 12.0 Å². The van der Waals surface area contributed by atoms with Crippen molar-refractivity contribution < 1.29 is 19.1 Å². The summed E-state index contributed by atoms with van der Waals surface area (Å²) in [5.74, 6) is -1.03. The van der Waals surface area contributed by atoms with Crippen molar-refractivity contribution in [2.24, 2.45) is 5.92 Å². The predicted molar refractivity (Wildman–Crippen MR) is 94.5 cm³/mol. The number of amides is 2. The molecule has 1 aliphatic rings. The SMILES string of the molecule is O=C(O)N1CC[C@@H](C(=O)N(Cc2ccc(Cl)nc2)c2ccc(F)cc2)C1. The molecule has 0 aliphatic carbocycles. The zero-order valence-corrected chi connectivity index (χ0v) is 14.6. The minimum Gasteiger partial charge on any atom is -0.465 e. The van der Waals surface area contributed by atoms with E-state index >= 15 is 0 Å². The van der Waals surface area contributed by atoms with Crippen LogP contribution in [0, 0.1) is 11.7 Å². The number of carboxylic acid groups (broad SMARTS) is 1. The first-order valence-corrected chi connectivity index (χ1v) is 8.47. The number of anilines is 1. The molecule has 136 valence electrons. The molecule has 2 heterocycles. The van der Waals surface area contributed by atoms with E-state index in [1.54, 1.807) is 18.3 Å². The Hall–Kier alpha value is -2.67. The van der Waals surface area contributed by atoms with Crippen LogP contribution in [0.25, 0.3) is 0 Å². The number of carbonyl (C=O) groups excluding carboxylic acids is 1. The van der Waals surface area contributed by atoms with Crippen molar-refractivity contribution >= 4 is 29.3 Å². The summed E-state index contributed by atoms with van der Waals surface area (Å²) in [5, 5.41) is 9.45. The summed E-state index contributed by atoms with van der Waals surface area (Å²) >= 11 is 5.80. The van der Waals surface area contributed by atoms with E-state index in [9.17, 15) is 14.0 Å². The molecule has 1 fully saturated rings. The molecule has 0 unspecified atom stereocenters. The van der Waals surface area contributed by atoms with Gasteiger partial charge in [-0.1, -0.05) is 17.7 Å². The highest BCUT2D eigenvalue weighted by Gasteiger charge is 2.34. The topological polar surface area (TPSA) is 73.7 Å². The van der Waals surface area contributed by atoms with Crippen LogP contribution in [-0.2, 0) is 11.3 Å². The van der Waals surface area contributed by atoms with E-state index in [1.807, 2.05) is 0 Å². The van der Waals surface area contributed by atoms with E-state index < -0.39 is 17.8 Å². The molecule has 6 nitrogen and oxygen atoms in total. The lowest BCUT2D eigenvalue weighted by molar-refractivity contribution is -0.122. The Morgan fingerprint density at radius 3 is 2.58 bits per heavy atom. The summed E-state index contributed by atoms with van der Waals surface area (Å²) in [7, 11) is 0. The van der Waals surface area contributed by atoms with Gasteiger partial charge < -0.3 is 14.9 Å². The van der Waals surface area contributed by atoms with Gasteiger partial charge in [-0.05, 0) is 42.3 Å². The highest BCUT2D eigenvalue weighted by atomic mass is 35.5. The summed E-state index contributed by atoms with van der Waals surface area (Å²) in [5.41, 5.74) is 1.31. The molecule has 1 aromatic heterocycles. The van der Waals surface area contributed by atoms with Gasteiger partial charge in [0.2, 0.25) is 5.91 Å². The summed E-state index contributed by atoms with van der Waals surface area (Å²) in [4.78, 5) is 30.9. The van der Waals surface area contributed by atoms with Gasteiger partial charge in [-0.15, -0.1) is 0 Å². The Labute approximate surface area is 154 Å². The summed E-state index contributed by atoms with van der Waals surface area (Å²) in [6.45, 7) is 0.717. The fourth-order valence-corrected chi connectivity index (χ4v) is 3.07. The zero-order valence-electron chi connectivity index (χ0n) is 13.8. The maximum absolute atomic E-state index is 13.3. The number of aromatic nitrogens is 1. The fraction of sp³-hybridized carbons (Fsp3) is 0.278. The maximum Gasteiger partial charge on any atom is 0.407 e. The van der Waals surface area contributed by atoms with E-state index in [2.05, 4.69) is 4.98 Å². The minimum absolute atomic E-state index is 0.157. The van der Waals surface area contributed by atoms with Crippen molar-refractivity contribution in [2.75, 3.05) is 18.0 Å². The second-order valence-corrected chi connectivity index (χ2v) is 6.49. The van der Waals surface area contributed by atoms with Crippen LogP contribution in [0.15, 0.2) is 42.6 Å². The van der Waals surface area contributed by atoms with E-state index in [4.69, 9.17) is 16.7 Å².